The predicted octanol–water partition coefficient (Wildman–Crippen LogP) is 4.50. The zero-order valence-corrected chi connectivity index (χ0v) is 19.2. The summed E-state index contributed by atoms with van der Waals surface area (Å²) in [7, 11) is 0. The van der Waals surface area contributed by atoms with Crippen LogP contribution in [0.25, 0.3) is 0 Å². The Morgan fingerprint density at radius 2 is 1.55 bits per heavy atom. The van der Waals surface area contributed by atoms with Gasteiger partial charge >= 0.3 is 0 Å². The van der Waals surface area contributed by atoms with Crippen LogP contribution in [0.1, 0.15) is 28.8 Å². The lowest BCUT2D eigenvalue weighted by atomic mass is 9.94. The molecule has 0 aliphatic carbocycles. The molecule has 2 aliphatic rings. The van der Waals surface area contributed by atoms with Crippen LogP contribution in [-0.4, -0.2) is 60.9 Å². The molecular formula is C24H27Cl2N3O2. The summed E-state index contributed by atoms with van der Waals surface area (Å²) in [5.74, 6) is 0.143. The molecule has 2 aromatic carbocycles. The largest absolute Gasteiger partial charge is 0.368 e. The number of halogens is 2. The molecule has 0 aromatic heterocycles. The fraction of sp³-hybridized carbons (Fsp3) is 0.417. The SMILES string of the molecule is Cc1ccc(Cl)cc1N1CCN(C(=O)C2CCN(C(=O)c3ccccc3Cl)CC2)CC1. The number of hydrogen-bond donors (Lipinski definition) is 0. The van der Waals surface area contributed by atoms with Gasteiger partial charge < -0.3 is 14.7 Å². The average molecular weight is 460 g/mol. The molecule has 164 valence electrons. The normalized spacial score (nSPS) is 17.7. The Labute approximate surface area is 193 Å². The Bertz CT molecular complexity index is 965. The highest BCUT2D eigenvalue weighted by Crippen LogP contribution is 2.27. The van der Waals surface area contributed by atoms with Crippen molar-refractivity contribution in [3.8, 4) is 0 Å². The van der Waals surface area contributed by atoms with Crippen molar-refractivity contribution >= 4 is 40.7 Å². The molecule has 7 heteroatoms. The van der Waals surface area contributed by atoms with Gasteiger partial charge in [-0.05, 0) is 49.6 Å². The van der Waals surface area contributed by atoms with Gasteiger partial charge in [0.1, 0.15) is 0 Å². The van der Waals surface area contributed by atoms with Gasteiger partial charge in [0.15, 0.2) is 0 Å². The van der Waals surface area contributed by atoms with Gasteiger partial charge in [0, 0.05) is 55.9 Å². The number of rotatable bonds is 3. The molecule has 0 saturated carbocycles. The molecule has 0 atom stereocenters. The number of anilines is 1. The molecule has 2 aromatic rings. The van der Waals surface area contributed by atoms with Crippen molar-refractivity contribution in [2.45, 2.75) is 19.8 Å². The molecule has 2 heterocycles. The minimum atomic E-state index is -0.0537. The van der Waals surface area contributed by atoms with Gasteiger partial charge in [0.2, 0.25) is 5.91 Å². The highest BCUT2D eigenvalue weighted by Gasteiger charge is 2.32. The molecule has 0 spiro atoms. The summed E-state index contributed by atoms with van der Waals surface area (Å²) < 4.78 is 0. The van der Waals surface area contributed by atoms with Crippen molar-refractivity contribution in [3.05, 3.63) is 63.6 Å². The number of aryl methyl sites for hydroxylation is 1. The van der Waals surface area contributed by atoms with Crippen molar-refractivity contribution in [2.75, 3.05) is 44.2 Å². The van der Waals surface area contributed by atoms with E-state index >= 15 is 0 Å². The van der Waals surface area contributed by atoms with Gasteiger partial charge in [-0.2, -0.15) is 0 Å². The zero-order chi connectivity index (χ0) is 22.0. The number of piperidine rings is 1. The van der Waals surface area contributed by atoms with Crippen molar-refractivity contribution in [1.82, 2.24) is 9.80 Å². The molecular weight excluding hydrogens is 433 g/mol. The topological polar surface area (TPSA) is 43.9 Å². The summed E-state index contributed by atoms with van der Waals surface area (Å²) in [5.41, 5.74) is 2.87. The Kier molecular flexibility index (Phi) is 6.73. The van der Waals surface area contributed by atoms with Crippen molar-refractivity contribution in [2.24, 2.45) is 5.92 Å². The number of amides is 2. The van der Waals surface area contributed by atoms with Crippen LogP contribution in [0.5, 0.6) is 0 Å². The summed E-state index contributed by atoms with van der Waals surface area (Å²) in [5, 5.41) is 1.20. The number of likely N-dealkylation sites (tertiary alicyclic amines) is 1. The van der Waals surface area contributed by atoms with E-state index in [0.29, 0.717) is 49.6 Å². The Hall–Kier alpha value is -2.24. The lowest BCUT2D eigenvalue weighted by Gasteiger charge is -2.39. The first kappa shape index (κ1) is 22.0. The summed E-state index contributed by atoms with van der Waals surface area (Å²) in [6, 6.07) is 13.1. The third kappa shape index (κ3) is 4.83. The monoisotopic (exact) mass is 459 g/mol. The van der Waals surface area contributed by atoms with Crippen LogP contribution < -0.4 is 4.90 Å². The fourth-order valence-corrected chi connectivity index (χ4v) is 4.87. The quantitative estimate of drug-likeness (QED) is 0.678. The molecule has 2 saturated heterocycles. The van der Waals surface area contributed by atoms with Crippen molar-refractivity contribution in [3.63, 3.8) is 0 Å². The van der Waals surface area contributed by atoms with Crippen LogP contribution in [-0.2, 0) is 4.79 Å². The van der Waals surface area contributed by atoms with E-state index in [0.717, 1.165) is 23.8 Å². The fourth-order valence-electron chi connectivity index (χ4n) is 4.48. The number of piperazine rings is 1. The third-order valence-corrected chi connectivity index (χ3v) is 6.90. The second-order valence-corrected chi connectivity index (χ2v) is 9.13. The molecule has 31 heavy (non-hydrogen) atoms. The van der Waals surface area contributed by atoms with Crippen LogP contribution >= 0.6 is 23.2 Å². The molecule has 0 N–H and O–H groups in total. The van der Waals surface area contributed by atoms with E-state index in [4.69, 9.17) is 23.2 Å². The van der Waals surface area contributed by atoms with Gasteiger partial charge in [-0.25, -0.2) is 0 Å². The average Bonchev–Trinajstić information content (AvgIpc) is 2.80. The minimum Gasteiger partial charge on any atom is -0.368 e. The summed E-state index contributed by atoms with van der Waals surface area (Å²) in [4.78, 5) is 31.9. The molecule has 5 nitrogen and oxygen atoms in total. The van der Waals surface area contributed by atoms with Crippen LogP contribution in [0.4, 0.5) is 5.69 Å². The Balaban J connectivity index is 1.30. The third-order valence-electron chi connectivity index (χ3n) is 6.34. The predicted molar refractivity (Wildman–Crippen MR) is 125 cm³/mol. The number of benzene rings is 2. The van der Waals surface area contributed by atoms with E-state index in [1.165, 1.54) is 5.56 Å². The maximum Gasteiger partial charge on any atom is 0.255 e. The smallest absolute Gasteiger partial charge is 0.255 e. The van der Waals surface area contributed by atoms with Crippen molar-refractivity contribution < 1.29 is 9.59 Å². The van der Waals surface area contributed by atoms with Crippen molar-refractivity contribution in [1.29, 1.82) is 0 Å². The van der Waals surface area contributed by atoms with Crippen LogP contribution in [0, 0.1) is 12.8 Å². The number of nitrogens with zero attached hydrogens (tertiary/aromatic N) is 3. The van der Waals surface area contributed by atoms with E-state index in [9.17, 15) is 9.59 Å². The molecule has 2 amide bonds. The number of carbonyl (C=O) groups is 2. The van der Waals surface area contributed by atoms with Gasteiger partial charge in [0.25, 0.3) is 5.91 Å². The summed E-state index contributed by atoms with van der Waals surface area (Å²) in [6.45, 7) is 6.28. The van der Waals surface area contributed by atoms with Gasteiger partial charge in [-0.3, -0.25) is 9.59 Å². The van der Waals surface area contributed by atoms with E-state index < -0.39 is 0 Å². The first-order valence-electron chi connectivity index (χ1n) is 10.8. The maximum atomic E-state index is 13.1. The molecule has 2 aliphatic heterocycles. The first-order chi connectivity index (χ1) is 14.9. The second-order valence-electron chi connectivity index (χ2n) is 8.29. The van der Waals surface area contributed by atoms with Crippen LogP contribution in [0.3, 0.4) is 0 Å². The number of hydrogen-bond acceptors (Lipinski definition) is 3. The van der Waals surface area contributed by atoms with E-state index in [2.05, 4.69) is 11.8 Å². The highest BCUT2D eigenvalue weighted by atomic mass is 35.5. The maximum absolute atomic E-state index is 13.1. The summed E-state index contributed by atoms with van der Waals surface area (Å²) >= 11 is 12.3. The Morgan fingerprint density at radius 1 is 0.871 bits per heavy atom. The Morgan fingerprint density at radius 3 is 2.23 bits per heavy atom. The minimum absolute atomic E-state index is 0.0187. The molecule has 4 rings (SSSR count). The highest BCUT2D eigenvalue weighted by molar-refractivity contribution is 6.33. The molecule has 2 fully saturated rings. The van der Waals surface area contributed by atoms with E-state index in [1.807, 2.05) is 40.1 Å². The van der Waals surface area contributed by atoms with E-state index in [1.54, 1.807) is 12.1 Å². The second kappa shape index (κ2) is 9.49. The zero-order valence-electron chi connectivity index (χ0n) is 17.7. The van der Waals surface area contributed by atoms with Crippen LogP contribution in [0.15, 0.2) is 42.5 Å². The van der Waals surface area contributed by atoms with E-state index in [-0.39, 0.29) is 17.7 Å². The lowest BCUT2D eigenvalue weighted by Crippen LogP contribution is -2.52. The van der Waals surface area contributed by atoms with Gasteiger partial charge in [0.05, 0.1) is 10.6 Å². The summed E-state index contributed by atoms with van der Waals surface area (Å²) in [6.07, 6.45) is 1.39. The molecule has 0 bridgehead atoms. The first-order valence-corrected chi connectivity index (χ1v) is 11.5. The molecule has 0 unspecified atom stereocenters. The standard InChI is InChI=1S/C24H27Cl2N3O2/c1-17-6-7-19(25)16-22(17)27-12-14-29(15-13-27)23(30)18-8-10-28(11-9-18)24(31)20-4-2-3-5-21(20)26/h2-7,16,18H,8-15H2,1H3. The molecule has 0 radical (unpaired) electrons. The number of carbonyl (C=O) groups excluding carboxylic acids is 2. The lowest BCUT2D eigenvalue weighted by molar-refractivity contribution is -0.137. The van der Waals surface area contributed by atoms with Gasteiger partial charge in [-0.15, -0.1) is 0 Å². The van der Waals surface area contributed by atoms with Gasteiger partial charge in [-0.1, -0.05) is 41.4 Å². The van der Waals surface area contributed by atoms with Crippen LogP contribution in [0.2, 0.25) is 10.0 Å².